The molecule has 1 amide bonds. The maximum absolute atomic E-state index is 10.1. The predicted molar refractivity (Wildman–Crippen MR) is 60.6 cm³/mol. The monoisotopic (exact) mass is 245 g/mol. The van der Waals surface area contributed by atoms with Gasteiger partial charge in [-0.2, -0.15) is 0 Å². The first-order valence-corrected chi connectivity index (χ1v) is 4.95. The summed E-state index contributed by atoms with van der Waals surface area (Å²) in [6.45, 7) is 0.902. The first-order valence-electron chi connectivity index (χ1n) is 4.58. The molecule has 0 aromatic carbocycles. The number of hydrogen-bond donors (Lipinski definition) is 4. The fraction of sp³-hybridized carbons (Fsp3) is 0.375. The van der Waals surface area contributed by atoms with E-state index in [9.17, 15) is 4.79 Å². The second kappa shape index (κ2) is 5.96. The van der Waals surface area contributed by atoms with E-state index in [2.05, 4.69) is 20.6 Å². The third kappa shape index (κ3) is 3.77. The molecule has 0 aliphatic heterocycles. The molecule has 5 N–H and O–H groups in total. The van der Waals surface area contributed by atoms with Gasteiger partial charge in [-0.3, -0.25) is 0 Å². The third-order valence-electron chi connectivity index (χ3n) is 1.76. The van der Waals surface area contributed by atoms with Crippen molar-refractivity contribution < 1.29 is 9.90 Å². The summed E-state index contributed by atoms with van der Waals surface area (Å²) in [7, 11) is 0. The number of halogens is 1. The molecular weight excluding hydrogens is 234 g/mol. The smallest absolute Gasteiger partial charge is 0.404 e. The van der Waals surface area contributed by atoms with Gasteiger partial charge >= 0.3 is 6.09 Å². The number of anilines is 2. The number of nitrogens with one attached hydrogen (secondary N) is 2. The van der Waals surface area contributed by atoms with E-state index in [0.717, 1.165) is 0 Å². The Morgan fingerprint density at radius 2 is 2.25 bits per heavy atom. The zero-order valence-corrected chi connectivity index (χ0v) is 9.16. The maximum atomic E-state index is 10.1. The SMILES string of the molecule is Nc1c(Cl)ncnc1NCCCNC(=O)O. The Hall–Kier alpha value is -1.76. The lowest BCUT2D eigenvalue weighted by molar-refractivity contribution is 0.194. The minimum Gasteiger partial charge on any atom is -0.465 e. The lowest BCUT2D eigenvalue weighted by Gasteiger charge is -2.08. The standard InChI is InChI=1S/C8H12ClN5O2/c9-6-5(10)7(14-4-13-6)11-2-1-3-12-8(15)16/h4,12H,1-3,10H2,(H,15,16)(H,11,13,14). The van der Waals surface area contributed by atoms with Crippen LogP contribution in [0.2, 0.25) is 5.15 Å². The third-order valence-corrected chi connectivity index (χ3v) is 2.06. The number of aromatic nitrogens is 2. The second-order valence-electron chi connectivity index (χ2n) is 2.94. The molecule has 16 heavy (non-hydrogen) atoms. The molecule has 0 radical (unpaired) electrons. The predicted octanol–water partition coefficient (Wildman–Crippen LogP) is 0.782. The maximum Gasteiger partial charge on any atom is 0.404 e. The van der Waals surface area contributed by atoms with Crippen LogP contribution >= 0.6 is 11.6 Å². The molecule has 88 valence electrons. The minimum absolute atomic E-state index is 0.196. The topological polar surface area (TPSA) is 113 Å². The van der Waals surface area contributed by atoms with Gasteiger partial charge in [0.1, 0.15) is 12.0 Å². The molecule has 0 spiro atoms. The lowest BCUT2D eigenvalue weighted by Crippen LogP contribution is -2.23. The van der Waals surface area contributed by atoms with Gasteiger partial charge in [-0.15, -0.1) is 0 Å². The zero-order valence-electron chi connectivity index (χ0n) is 8.40. The molecule has 1 heterocycles. The highest BCUT2D eigenvalue weighted by Crippen LogP contribution is 2.21. The van der Waals surface area contributed by atoms with Crippen molar-refractivity contribution in [2.24, 2.45) is 0 Å². The van der Waals surface area contributed by atoms with Crippen LogP contribution in [0.1, 0.15) is 6.42 Å². The molecule has 1 rings (SSSR count). The summed E-state index contributed by atoms with van der Waals surface area (Å²) in [5, 5.41) is 13.7. The molecule has 0 fully saturated rings. The van der Waals surface area contributed by atoms with Crippen LogP contribution in [0.3, 0.4) is 0 Å². The first kappa shape index (κ1) is 12.3. The van der Waals surface area contributed by atoms with Crippen LogP contribution in [0.25, 0.3) is 0 Å². The van der Waals surface area contributed by atoms with Gasteiger partial charge in [-0.1, -0.05) is 11.6 Å². The van der Waals surface area contributed by atoms with Crippen LogP contribution in [-0.2, 0) is 0 Å². The van der Waals surface area contributed by atoms with Crippen LogP contribution in [0.4, 0.5) is 16.3 Å². The van der Waals surface area contributed by atoms with Crippen molar-refractivity contribution in [1.82, 2.24) is 15.3 Å². The second-order valence-corrected chi connectivity index (χ2v) is 3.30. The molecule has 0 unspecified atom stereocenters. The van der Waals surface area contributed by atoms with E-state index in [0.29, 0.717) is 25.3 Å². The summed E-state index contributed by atoms with van der Waals surface area (Å²) in [5.41, 5.74) is 5.90. The molecule has 0 atom stereocenters. The highest BCUT2D eigenvalue weighted by molar-refractivity contribution is 6.32. The molecule has 0 aliphatic carbocycles. The van der Waals surface area contributed by atoms with Gasteiger partial charge in [0.25, 0.3) is 0 Å². The Bertz CT molecular complexity index is 373. The summed E-state index contributed by atoms with van der Waals surface area (Å²) in [5.74, 6) is 0.454. The van der Waals surface area contributed by atoms with Crippen LogP contribution in [0, 0.1) is 0 Å². The minimum atomic E-state index is -1.04. The fourth-order valence-electron chi connectivity index (χ4n) is 1.01. The largest absolute Gasteiger partial charge is 0.465 e. The van der Waals surface area contributed by atoms with E-state index >= 15 is 0 Å². The highest BCUT2D eigenvalue weighted by Gasteiger charge is 2.04. The summed E-state index contributed by atoms with van der Waals surface area (Å²) in [6.07, 6.45) is 0.883. The molecule has 0 saturated heterocycles. The highest BCUT2D eigenvalue weighted by atomic mass is 35.5. The van der Waals surface area contributed by atoms with E-state index in [-0.39, 0.29) is 10.8 Å². The Labute approximate surface area is 97.0 Å². The van der Waals surface area contributed by atoms with Crippen molar-refractivity contribution in [3.05, 3.63) is 11.5 Å². The molecule has 1 aromatic heterocycles. The molecule has 0 saturated carbocycles. The van der Waals surface area contributed by atoms with Crippen molar-refractivity contribution in [2.45, 2.75) is 6.42 Å². The van der Waals surface area contributed by atoms with Gasteiger partial charge in [0.15, 0.2) is 11.0 Å². The Morgan fingerprint density at radius 1 is 1.50 bits per heavy atom. The molecule has 1 aromatic rings. The molecular formula is C8H12ClN5O2. The van der Waals surface area contributed by atoms with Crippen molar-refractivity contribution >= 4 is 29.2 Å². The van der Waals surface area contributed by atoms with E-state index in [1.165, 1.54) is 6.33 Å². The summed E-state index contributed by atoms with van der Waals surface area (Å²) >= 11 is 5.69. The van der Waals surface area contributed by atoms with Crippen LogP contribution < -0.4 is 16.4 Å². The van der Waals surface area contributed by atoms with E-state index in [1.807, 2.05) is 0 Å². The van der Waals surface area contributed by atoms with Crippen LogP contribution in [-0.4, -0.2) is 34.3 Å². The summed E-state index contributed by atoms with van der Waals surface area (Å²) in [6, 6.07) is 0. The first-order chi connectivity index (χ1) is 7.61. The number of amides is 1. The number of nitrogen functional groups attached to an aromatic ring is 1. The Morgan fingerprint density at radius 3 is 2.94 bits per heavy atom. The normalized spacial score (nSPS) is 9.81. The average molecular weight is 246 g/mol. The van der Waals surface area contributed by atoms with Gasteiger partial charge in [0, 0.05) is 13.1 Å². The van der Waals surface area contributed by atoms with Gasteiger partial charge in [-0.05, 0) is 6.42 Å². The Kier molecular flexibility index (Phi) is 4.59. The van der Waals surface area contributed by atoms with E-state index in [1.54, 1.807) is 0 Å². The van der Waals surface area contributed by atoms with Crippen LogP contribution in [0.5, 0.6) is 0 Å². The number of hydrogen-bond acceptors (Lipinski definition) is 5. The van der Waals surface area contributed by atoms with Crippen molar-refractivity contribution in [2.75, 3.05) is 24.1 Å². The van der Waals surface area contributed by atoms with Crippen molar-refractivity contribution in [1.29, 1.82) is 0 Å². The quantitative estimate of drug-likeness (QED) is 0.450. The Balaban J connectivity index is 2.32. The number of nitrogens with two attached hydrogens (primary N) is 1. The molecule has 8 heteroatoms. The van der Waals surface area contributed by atoms with Crippen LogP contribution in [0.15, 0.2) is 6.33 Å². The fourth-order valence-corrected chi connectivity index (χ4v) is 1.14. The van der Waals surface area contributed by atoms with Crippen molar-refractivity contribution in [3.8, 4) is 0 Å². The summed E-state index contributed by atoms with van der Waals surface area (Å²) in [4.78, 5) is 17.8. The average Bonchev–Trinajstić information content (AvgIpc) is 2.23. The number of rotatable bonds is 5. The van der Waals surface area contributed by atoms with Gasteiger partial charge in [0.05, 0.1) is 0 Å². The number of carboxylic acid groups (broad SMARTS) is 1. The molecule has 0 aliphatic rings. The lowest BCUT2D eigenvalue weighted by atomic mass is 10.4. The molecule has 0 bridgehead atoms. The number of nitrogens with zero attached hydrogens (tertiary/aromatic N) is 2. The molecule has 7 nitrogen and oxygen atoms in total. The van der Waals surface area contributed by atoms with Gasteiger partial charge in [0.2, 0.25) is 0 Å². The zero-order chi connectivity index (χ0) is 12.0. The van der Waals surface area contributed by atoms with Gasteiger partial charge < -0.3 is 21.5 Å². The van der Waals surface area contributed by atoms with E-state index < -0.39 is 6.09 Å². The summed E-state index contributed by atoms with van der Waals surface area (Å²) < 4.78 is 0. The van der Waals surface area contributed by atoms with Gasteiger partial charge in [-0.25, -0.2) is 14.8 Å². The van der Waals surface area contributed by atoms with Crippen molar-refractivity contribution in [3.63, 3.8) is 0 Å². The van der Waals surface area contributed by atoms with E-state index in [4.69, 9.17) is 22.4 Å². The number of carbonyl (C=O) groups is 1.